The van der Waals surface area contributed by atoms with Crippen LogP contribution in [0.25, 0.3) is 0 Å². The molecule has 0 bridgehead atoms. The van der Waals surface area contributed by atoms with Crippen molar-refractivity contribution in [1.82, 2.24) is 15.0 Å². The number of aromatic nitrogens is 3. The minimum absolute atomic E-state index is 0.249. The van der Waals surface area contributed by atoms with Gasteiger partial charge >= 0.3 is 0 Å². The van der Waals surface area contributed by atoms with Crippen LogP contribution in [0, 0.1) is 0 Å². The van der Waals surface area contributed by atoms with Crippen LogP contribution in [0.3, 0.4) is 0 Å². The van der Waals surface area contributed by atoms with Crippen molar-refractivity contribution in [2.24, 2.45) is 12.0 Å². The SMILES string of the molecule is CC(N=C=O)c1cn(C)nn1. The molecule has 5 heteroatoms. The number of aliphatic imine (C=N–C) groups is 1. The lowest BCUT2D eigenvalue weighted by atomic mass is 10.3. The minimum atomic E-state index is -0.249. The summed E-state index contributed by atoms with van der Waals surface area (Å²) >= 11 is 0. The summed E-state index contributed by atoms with van der Waals surface area (Å²) in [7, 11) is 1.76. The zero-order valence-electron chi connectivity index (χ0n) is 6.35. The fraction of sp³-hybridized carbons (Fsp3) is 0.500. The predicted molar refractivity (Wildman–Crippen MR) is 37.5 cm³/mol. The first-order valence-electron chi connectivity index (χ1n) is 3.17. The van der Waals surface area contributed by atoms with Gasteiger partial charge in [-0.05, 0) is 6.92 Å². The van der Waals surface area contributed by atoms with E-state index in [9.17, 15) is 4.79 Å². The third kappa shape index (κ3) is 1.72. The first kappa shape index (κ1) is 7.63. The van der Waals surface area contributed by atoms with E-state index in [1.807, 2.05) is 0 Å². The van der Waals surface area contributed by atoms with Crippen molar-refractivity contribution in [3.8, 4) is 0 Å². The van der Waals surface area contributed by atoms with Gasteiger partial charge in [-0.1, -0.05) is 5.21 Å². The molecule has 0 fully saturated rings. The van der Waals surface area contributed by atoms with Gasteiger partial charge in [-0.15, -0.1) is 5.10 Å². The number of aryl methyl sites for hydroxylation is 1. The molecule has 1 heterocycles. The van der Waals surface area contributed by atoms with Crippen LogP contribution < -0.4 is 0 Å². The highest BCUT2D eigenvalue weighted by Gasteiger charge is 2.06. The molecule has 1 rings (SSSR count). The van der Waals surface area contributed by atoms with Crippen molar-refractivity contribution in [2.75, 3.05) is 0 Å². The van der Waals surface area contributed by atoms with E-state index in [1.165, 1.54) is 6.08 Å². The van der Waals surface area contributed by atoms with E-state index in [1.54, 1.807) is 24.9 Å². The van der Waals surface area contributed by atoms with Gasteiger partial charge in [0.2, 0.25) is 6.08 Å². The van der Waals surface area contributed by atoms with Crippen LogP contribution in [-0.2, 0) is 11.8 Å². The predicted octanol–water partition coefficient (Wildman–Crippen LogP) is 0.212. The highest BCUT2D eigenvalue weighted by Crippen LogP contribution is 2.10. The molecule has 11 heavy (non-hydrogen) atoms. The Labute approximate surface area is 63.7 Å². The maximum atomic E-state index is 9.85. The monoisotopic (exact) mass is 152 g/mol. The van der Waals surface area contributed by atoms with Crippen molar-refractivity contribution >= 4 is 6.08 Å². The van der Waals surface area contributed by atoms with E-state index in [0.29, 0.717) is 5.69 Å². The van der Waals surface area contributed by atoms with Gasteiger partial charge in [0.15, 0.2) is 0 Å². The molecule has 0 spiro atoms. The number of hydrogen-bond acceptors (Lipinski definition) is 4. The molecule has 0 aliphatic heterocycles. The molecule has 0 saturated carbocycles. The van der Waals surface area contributed by atoms with Crippen LogP contribution in [0.1, 0.15) is 18.7 Å². The number of hydrogen-bond donors (Lipinski definition) is 0. The molecule has 0 aromatic carbocycles. The zero-order chi connectivity index (χ0) is 8.27. The fourth-order valence-electron chi connectivity index (χ4n) is 0.702. The molecule has 0 radical (unpaired) electrons. The van der Waals surface area contributed by atoms with E-state index < -0.39 is 0 Å². The van der Waals surface area contributed by atoms with Gasteiger partial charge < -0.3 is 0 Å². The zero-order valence-corrected chi connectivity index (χ0v) is 6.35. The molecular weight excluding hydrogens is 144 g/mol. The molecule has 1 unspecified atom stereocenters. The molecule has 0 amide bonds. The highest BCUT2D eigenvalue weighted by molar-refractivity contribution is 5.34. The largest absolute Gasteiger partial charge is 0.255 e. The Morgan fingerprint density at radius 3 is 3.00 bits per heavy atom. The van der Waals surface area contributed by atoms with Gasteiger partial charge in [0.1, 0.15) is 11.7 Å². The normalized spacial score (nSPS) is 12.2. The Kier molecular flexibility index (Phi) is 2.13. The van der Waals surface area contributed by atoms with Gasteiger partial charge in [0.25, 0.3) is 0 Å². The van der Waals surface area contributed by atoms with E-state index in [4.69, 9.17) is 0 Å². The van der Waals surface area contributed by atoms with Crippen molar-refractivity contribution in [2.45, 2.75) is 13.0 Å². The third-order valence-electron chi connectivity index (χ3n) is 1.29. The molecule has 5 nitrogen and oxygen atoms in total. The highest BCUT2D eigenvalue weighted by atomic mass is 16.1. The molecule has 1 aromatic heterocycles. The Bertz CT molecular complexity index is 287. The second kappa shape index (κ2) is 3.07. The molecule has 1 aromatic rings. The van der Waals surface area contributed by atoms with Crippen LogP contribution in [0.2, 0.25) is 0 Å². The first-order valence-corrected chi connectivity index (χ1v) is 3.17. The standard InChI is InChI=1S/C6H8N4O/c1-5(7-4-11)6-3-10(2)9-8-6/h3,5H,1-2H3. The Morgan fingerprint density at radius 1 is 1.82 bits per heavy atom. The van der Waals surface area contributed by atoms with Crippen molar-refractivity contribution in [1.29, 1.82) is 0 Å². The number of isocyanates is 1. The topological polar surface area (TPSA) is 60.1 Å². The fourth-order valence-corrected chi connectivity index (χ4v) is 0.702. The lowest BCUT2D eigenvalue weighted by molar-refractivity contribution is 0.559. The Morgan fingerprint density at radius 2 is 2.55 bits per heavy atom. The Balaban J connectivity index is 2.84. The van der Waals surface area contributed by atoms with E-state index >= 15 is 0 Å². The summed E-state index contributed by atoms with van der Waals surface area (Å²) in [5, 5.41) is 7.47. The number of carbonyl (C=O) groups excluding carboxylic acids is 1. The van der Waals surface area contributed by atoms with Gasteiger partial charge in [0.05, 0.1) is 6.20 Å². The summed E-state index contributed by atoms with van der Waals surface area (Å²) in [6.07, 6.45) is 3.19. The first-order chi connectivity index (χ1) is 5.24. The van der Waals surface area contributed by atoms with Crippen LogP contribution >= 0.6 is 0 Å². The Hall–Kier alpha value is -1.48. The smallest absolute Gasteiger partial charge is 0.235 e. The molecule has 0 aliphatic rings. The van der Waals surface area contributed by atoms with Gasteiger partial charge in [-0.2, -0.15) is 4.99 Å². The second-order valence-electron chi connectivity index (χ2n) is 2.21. The summed E-state index contributed by atoms with van der Waals surface area (Å²) in [6.45, 7) is 1.76. The van der Waals surface area contributed by atoms with Crippen molar-refractivity contribution in [3.05, 3.63) is 11.9 Å². The molecule has 1 atom stereocenters. The lowest BCUT2D eigenvalue weighted by Crippen LogP contribution is -1.88. The van der Waals surface area contributed by atoms with Gasteiger partial charge in [0, 0.05) is 7.05 Å². The minimum Gasteiger partial charge on any atom is -0.255 e. The van der Waals surface area contributed by atoms with Gasteiger partial charge in [-0.3, -0.25) is 4.68 Å². The van der Waals surface area contributed by atoms with Crippen LogP contribution in [0.4, 0.5) is 0 Å². The lowest BCUT2D eigenvalue weighted by Gasteiger charge is -1.93. The second-order valence-corrected chi connectivity index (χ2v) is 2.21. The number of nitrogens with zero attached hydrogens (tertiary/aromatic N) is 4. The van der Waals surface area contributed by atoms with E-state index in [0.717, 1.165) is 0 Å². The summed E-state index contributed by atoms with van der Waals surface area (Å²) in [5.41, 5.74) is 0.677. The average molecular weight is 152 g/mol. The molecule has 58 valence electrons. The summed E-state index contributed by atoms with van der Waals surface area (Å²) in [5.74, 6) is 0. The molecule has 0 aliphatic carbocycles. The molecule has 0 saturated heterocycles. The van der Waals surface area contributed by atoms with E-state index in [-0.39, 0.29) is 6.04 Å². The van der Waals surface area contributed by atoms with Crippen LogP contribution in [-0.4, -0.2) is 21.1 Å². The maximum absolute atomic E-state index is 9.85. The average Bonchev–Trinajstić information content (AvgIpc) is 2.36. The van der Waals surface area contributed by atoms with Crippen molar-refractivity contribution < 1.29 is 4.79 Å². The maximum Gasteiger partial charge on any atom is 0.235 e. The van der Waals surface area contributed by atoms with E-state index in [2.05, 4.69) is 15.3 Å². The number of rotatable bonds is 2. The van der Waals surface area contributed by atoms with Crippen molar-refractivity contribution in [3.63, 3.8) is 0 Å². The van der Waals surface area contributed by atoms with Crippen LogP contribution in [0.5, 0.6) is 0 Å². The summed E-state index contributed by atoms with van der Waals surface area (Å²) in [6, 6.07) is -0.249. The van der Waals surface area contributed by atoms with Crippen LogP contribution in [0.15, 0.2) is 11.2 Å². The molecule has 0 N–H and O–H groups in total. The third-order valence-corrected chi connectivity index (χ3v) is 1.29. The molecular formula is C6H8N4O. The quantitative estimate of drug-likeness (QED) is 0.449. The summed E-state index contributed by atoms with van der Waals surface area (Å²) < 4.78 is 1.56. The van der Waals surface area contributed by atoms with Gasteiger partial charge in [-0.25, -0.2) is 4.79 Å². The summed E-state index contributed by atoms with van der Waals surface area (Å²) in [4.78, 5) is 13.3.